The van der Waals surface area contributed by atoms with Gasteiger partial charge in [-0.1, -0.05) is 36.4 Å². The summed E-state index contributed by atoms with van der Waals surface area (Å²) in [5.41, 5.74) is 3.54. The van der Waals surface area contributed by atoms with Crippen LogP contribution in [0, 0.1) is 0 Å². The minimum absolute atomic E-state index is 0.0862. The average molecular weight is 439 g/mol. The van der Waals surface area contributed by atoms with E-state index in [4.69, 9.17) is 9.97 Å². The Balaban J connectivity index is 1.69. The molecular weight excluding hydrogens is 412 g/mol. The lowest BCUT2D eigenvalue weighted by atomic mass is 10.0. The van der Waals surface area contributed by atoms with Crippen LogP contribution in [0.1, 0.15) is 22.9 Å². The highest BCUT2D eigenvalue weighted by atomic mass is 16.1. The highest BCUT2D eigenvalue weighted by Crippen LogP contribution is 2.24. The van der Waals surface area contributed by atoms with E-state index in [1.807, 2.05) is 67.5 Å². The van der Waals surface area contributed by atoms with Crippen molar-refractivity contribution in [2.45, 2.75) is 18.9 Å². The van der Waals surface area contributed by atoms with Gasteiger partial charge in [0.2, 0.25) is 5.91 Å². The van der Waals surface area contributed by atoms with Gasteiger partial charge in [-0.05, 0) is 35.7 Å². The molecule has 7 heteroatoms. The van der Waals surface area contributed by atoms with Crippen molar-refractivity contribution < 1.29 is 4.79 Å². The molecule has 0 spiro atoms. The van der Waals surface area contributed by atoms with Crippen LogP contribution in [-0.2, 0) is 17.6 Å². The van der Waals surface area contributed by atoms with Crippen molar-refractivity contribution >= 4 is 11.7 Å². The summed E-state index contributed by atoms with van der Waals surface area (Å²) >= 11 is 0. The van der Waals surface area contributed by atoms with E-state index in [1.165, 1.54) is 0 Å². The van der Waals surface area contributed by atoms with Crippen LogP contribution in [0.3, 0.4) is 0 Å². The van der Waals surface area contributed by atoms with Crippen LogP contribution in [-0.4, -0.2) is 39.9 Å². The molecule has 33 heavy (non-hydrogen) atoms. The molecule has 3 aromatic heterocycles. The molecule has 0 fully saturated rings. The molecule has 4 rings (SSSR count). The molecular formula is C26H26N6O. The third-order valence-electron chi connectivity index (χ3n) is 5.17. The first kappa shape index (κ1) is 22.1. The fourth-order valence-corrected chi connectivity index (χ4v) is 3.50. The number of carbonyl (C=O) groups excluding carboxylic acids is 1. The van der Waals surface area contributed by atoms with Crippen molar-refractivity contribution in [2.75, 3.05) is 19.0 Å². The zero-order valence-electron chi connectivity index (χ0n) is 18.7. The maximum Gasteiger partial charge on any atom is 0.225 e. The number of aromatic nitrogens is 4. The topological polar surface area (TPSA) is 83.9 Å². The van der Waals surface area contributed by atoms with Gasteiger partial charge >= 0.3 is 0 Å². The quantitative estimate of drug-likeness (QED) is 0.452. The van der Waals surface area contributed by atoms with Crippen molar-refractivity contribution in [2.24, 2.45) is 0 Å². The molecule has 0 saturated heterocycles. The zero-order valence-corrected chi connectivity index (χ0v) is 18.7. The highest BCUT2D eigenvalue weighted by molar-refractivity contribution is 5.79. The summed E-state index contributed by atoms with van der Waals surface area (Å²) in [7, 11) is 3.87. The monoisotopic (exact) mass is 438 g/mol. The van der Waals surface area contributed by atoms with Crippen LogP contribution in [0.4, 0.5) is 5.82 Å². The van der Waals surface area contributed by atoms with Gasteiger partial charge in [0.05, 0.1) is 18.2 Å². The number of benzene rings is 1. The van der Waals surface area contributed by atoms with Crippen LogP contribution >= 0.6 is 0 Å². The fraction of sp³-hybridized carbons (Fsp3) is 0.192. The number of anilines is 1. The smallest absolute Gasteiger partial charge is 0.225 e. The Kier molecular flexibility index (Phi) is 6.99. The number of nitrogens with one attached hydrogen (secondary N) is 1. The number of rotatable bonds is 8. The Bertz CT molecular complexity index is 1180. The highest BCUT2D eigenvalue weighted by Gasteiger charge is 2.20. The van der Waals surface area contributed by atoms with Crippen molar-refractivity contribution in [1.29, 1.82) is 0 Å². The van der Waals surface area contributed by atoms with Crippen LogP contribution in [0.15, 0.2) is 85.5 Å². The number of amides is 1. The Morgan fingerprint density at radius 1 is 0.909 bits per heavy atom. The molecule has 0 aliphatic rings. The predicted molar refractivity (Wildman–Crippen MR) is 129 cm³/mol. The second-order valence-corrected chi connectivity index (χ2v) is 7.96. The van der Waals surface area contributed by atoms with Crippen molar-refractivity contribution in [3.63, 3.8) is 0 Å². The number of nitrogens with zero attached hydrogens (tertiary/aromatic N) is 5. The SMILES string of the molecule is CN(C)c1cc([C@@H](Cc2ccccc2)NC(=O)Cc2cccnc2)nc(-c2cccnc2)n1. The van der Waals surface area contributed by atoms with E-state index in [2.05, 4.69) is 27.4 Å². The zero-order chi connectivity index (χ0) is 23.0. The summed E-state index contributed by atoms with van der Waals surface area (Å²) < 4.78 is 0. The first-order valence-electron chi connectivity index (χ1n) is 10.8. The Morgan fingerprint density at radius 2 is 1.64 bits per heavy atom. The summed E-state index contributed by atoms with van der Waals surface area (Å²) in [6, 6.07) is 19.2. The van der Waals surface area contributed by atoms with E-state index in [-0.39, 0.29) is 18.4 Å². The summed E-state index contributed by atoms with van der Waals surface area (Å²) in [6.07, 6.45) is 7.73. The first-order valence-corrected chi connectivity index (χ1v) is 10.8. The molecule has 0 radical (unpaired) electrons. The second kappa shape index (κ2) is 10.5. The van der Waals surface area contributed by atoms with Gasteiger partial charge in [0.1, 0.15) is 5.82 Å². The first-order chi connectivity index (χ1) is 16.1. The number of carbonyl (C=O) groups is 1. The maximum atomic E-state index is 13.0. The van der Waals surface area contributed by atoms with Gasteiger partial charge in [-0.15, -0.1) is 0 Å². The van der Waals surface area contributed by atoms with Crippen molar-refractivity contribution in [1.82, 2.24) is 25.3 Å². The minimum Gasteiger partial charge on any atom is -0.363 e. The molecule has 0 bridgehead atoms. The molecule has 4 aromatic rings. The Morgan fingerprint density at radius 3 is 2.30 bits per heavy atom. The summed E-state index contributed by atoms with van der Waals surface area (Å²) in [5.74, 6) is 1.25. The van der Waals surface area contributed by atoms with Crippen molar-refractivity contribution in [3.05, 3.63) is 102 Å². The molecule has 1 amide bonds. The van der Waals surface area contributed by atoms with E-state index in [9.17, 15) is 4.79 Å². The average Bonchev–Trinajstić information content (AvgIpc) is 2.85. The van der Waals surface area contributed by atoms with E-state index in [1.54, 1.807) is 24.8 Å². The van der Waals surface area contributed by atoms with Gasteiger partial charge < -0.3 is 10.2 Å². The molecule has 166 valence electrons. The fourth-order valence-electron chi connectivity index (χ4n) is 3.50. The molecule has 0 unspecified atom stereocenters. The second-order valence-electron chi connectivity index (χ2n) is 7.96. The van der Waals surface area contributed by atoms with Gasteiger partial charge in [-0.3, -0.25) is 14.8 Å². The summed E-state index contributed by atoms with van der Waals surface area (Å²) in [5, 5.41) is 3.18. The number of pyridine rings is 2. The number of hydrogen-bond acceptors (Lipinski definition) is 6. The van der Waals surface area contributed by atoms with Crippen LogP contribution in [0.25, 0.3) is 11.4 Å². The van der Waals surface area contributed by atoms with Crippen LogP contribution in [0.2, 0.25) is 0 Å². The lowest BCUT2D eigenvalue weighted by Crippen LogP contribution is -2.32. The molecule has 1 aromatic carbocycles. The molecule has 0 aliphatic heterocycles. The minimum atomic E-state index is -0.325. The Labute approximate surface area is 193 Å². The van der Waals surface area contributed by atoms with E-state index < -0.39 is 0 Å². The van der Waals surface area contributed by atoms with E-state index >= 15 is 0 Å². The van der Waals surface area contributed by atoms with Crippen LogP contribution in [0.5, 0.6) is 0 Å². The maximum absolute atomic E-state index is 13.0. The largest absolute Gasteiger partial charge is 0.363 e. The van der Waals surface area contributed by atoms with Gasteiger partial charge in [-0.25, -0.2) is 9.97 Å². The van der Waals surface area contributed by atoms with Gasteiger partial charge in [0.25, 0.3) is 0 Å². The van der Waals surface area contributed by atoms with Gasteiger partial charge in [0.15, 0.2) is 5.82 Å². The molecule has 0 aliphatic carbocycles. The lowest BCUT2D eigenvalue weighted by molar-refractivity contribution is -0.121. The third-order valence-corrected chi connectivity index (χ3v) is 5.17. The predicted octanol–water partition coefficient (Wildman–Crippen LogP) is 3.64. The van der Waals surface area contributed by atoms with Crippen molar-refractivity contribution in [3.8, 4) is 11.4 Å². The normalized spacial score (nSPS) is 11.6. The van der Waals surface area contributed by atoms with E-state index in [0.29, 0.717) is 12.2 Å². The Hall–Kier alpha value is -4.13. The van der Waals surface area contributed by atoms with Crippen LogP contribution < -0.4 is 10.2 Å². The standard InChI is InChI=1S/C26H26N6O/c1-32(2)24-16-23(30-26(31-24)21-11-7-13-28-18-21)22(14-19-8-4-3-5-9-19)29-25(33)15-20-10-6-12-27-17-20/h3-13,16-18,22H,14-15H2,1-2H3,(H,29,33)/t22-/m1/s1. The number of hydrogen-bond donors (Lipinski definition) is 1. The summed E-state index contributed by atoms with van der Waals surface area (Å²) in [6.45, 7) is 0. The molecule has 0 saturated carbocycles. The lowest BCUT2D eigenvalue weighted by Gasteiger charge is -2.21. The van der Waals surface area contributed by atoms with Gasteiger partial charge in [0, 0.05) is 50.5 Å². The summed E-state index contributed by atoms with van der Waals surface area (Å²) in [4.78, 5) is 32.7. The molecule has 3 heterocycles. The van der Waals surface area contributed by atoms with E-state index in [0.717, 1.165) is 28.2 Å². The molecule has 7 nitrogen and oxygen atoms in total. The molecule has 1 N–H and O–H groups in total. The molecule has 1 atom stereocenters. The third kappa shape index (κ3) is 5.98. The van der Waals surface area contributed by atoms with Gasteiger partial charge in [-0.2, -0.15) is 0 Å².